The number of hydrogen-bond donors (Lipinski definition) is 3. The van der Waals surface area contributed by atoms with E-state index in [1.807, 2.05) is 12.1 Å². The second-order valence-corrected chi connectivity index (χ2v) is 12.6. The summed E-state index contributed by atoms with van der Waals surface area (Å²) >= 11 is 0. The van der Waals surface area contributed by atoms with Gasteiger partial charge in [-0.05, 0) is 37.8 Å². The highest BCUT2D eigenvalue weighted by atomic mass is 16.5. The highest BCUT2D eigenvalue weighted by Crippen LogP contribution is 2.42. The fourth-order valence-corrected chi connectivity index (χ4v) is 7.24. The molecule has 0 aliphatic carbocycles. The third kappa shape index (κ3) is 4.95. The first kappa shape index (κ1) is 28.0. The van der Waals surface area contributed by atoms with Gasteiger partial charge in [0, 0.05) is 51.9 Å². The third-order valence-electron chi connectivity index (χ3n) is 9.77. The molecule has 1 aromatic carbocycles. The number of amides is 1. The van der Waals surface area contributed by atoms with Crippen LogP contribution in [-0.2, 0) is 26.5 Å². The van der Waals surface area contributed by atoms with Crippen LogP contribution in [0.1, 0.15) is 50.5 Å². The molecule has 44 heavy (non-hydrogen) atoms. The van der Waals surface area contributed by atoms with Crippen molar-refractivity contribution in [2.75, 3.05) is 81.2 Å². The van der Waals surface area contributed by atoms with Crippen LogP contribution in [0.15, 0.2) is 24.3 Å². The molecular formula is C31H42N10O3. The second kappa shape index (κ2) is 11.4. The number of likely N-dealkylation sites (tertiary alicyclic amines) is 1. The Bertz CT molecular complexity index is 1500. The van der Waals surface area contributed by atoms with E-state index in [9.17, 15) is 4.79 Å². The first-order valence-electron chi connectivity index (χ1n) is 16.2. The van der Waals surface area contributed by atoms with E-state index in [2.05, 4.69) is 54.3 Å². The summed E-state index contributed by atoms with van der Waals surface area (Å²) < 4.78 is 14.4. The van der Waals surface area contributed by atoms with Crippen molar-refractivity contribution in [2.45, 2.75) is 57.1 Å². The number of piperazine rings is 1. The van der Waals surface area contributed by atoms with Crippen LogP contribution >= 0.6 is 0 Å². The highest BCUT2D eigenvalue weighted by Gasteiger charge is 2.41. The van der Waals surface area contributed by atoms with E-state index in [0.29, 0.717) is 38.2 Å². The molecule has 3 aromatic rings. The van der Waals surface area contributed by atoms with Gasteiger partial charge in [0.2, 0.25) is 5.91 Å². The number of nitrogens with zero attached hydrogens (tertiary/aromatic N) is 7. The fourth-order valence-electron chi connectivity index (χ4n) is 7.24. The molecule has 3 N–H and O–H groups in total. The summed E-state index contributed by atoms with van der Waals surface area (Å²) in [6.45, 7) is 10.4. The molecule has 0 spiro atoms. The van der Waals surface area contributed by atoms with Crippen LogP contribution in [-0.4, -0.2) is 107 Å². The van der Waals surface area contributed by atoms with Gasteiger partial charge in [-0.25, -0.2) is 15.0 Å². The van der Waals surface area contributed by atoms with Gasteiger partial charge in [0.1, 0.15) is 12.1 Å². The lowest BCUT2D eigenvalue weighted by molar-refractivity contribution is -0.126. The summed E-state index contributed by atoms with van der Waals surface area (Å²) in [4.78, 5) is 34.9. The van der Waals surface area contributed by atoms with E-state index >= 15 is 0 Å². The Morgan fingerprint density at radius 2 is 1.80 bits per heavy atom. The van der Waals surface area contributed by atoms with Crippen molar-refractivity contribution < 1.29 is 14.3 Å². The van der Waals surface area contributed by atoms with E-state index in [1.165, 1.54) is 0 Å². The van der Waals surface area contributed by atoms with Crippen molar-refractivity contribution in [3.63, 3.8) is 0 Å². The number of carbonyl (C=O) groups is 1. The van der Waals surface area contributed by atoms with Crippen molar-refractivity contribution in [1.29, 1.82) is 0 Å². The Hall–Kier alpha value is -3.52. The molecule has 1 amide bonds. The van der Waals surface area contributed by atoms with Crippen molar-refractivity contribution in [3.8, 4) is 0 Å². The zero-order valence-electron chi connectivity index (χ0n) is 25.4. The second-order valence-electron chi connectivity index (χ2n) is 12.6. The summed E-state index contributed by atoms with van der Waals surface area (Å²) in [5.41, 5.74) is 3.11. The third-order valence-corrected chi connectivity index (χ3v) is 9.77. The molecule has 0 bridgehead atoms. The van der Waals surface area contributed by atoms with Crippen molar-refractivity contribution in [3.05, 3.63) is 35.9 Å². The quantitative estimate of drug-likeness (QED) is 0.368. The van der Waals surface area contributed by atoms with Crippen LogP contribution in [0, 0.1) is 0 Å². The summed E-state index contributed by atoms with van der Waals surface area (Å²) in [5, 5.41) is 10.4. The number of aromatic nitrogens is 4. The number of benzene rings is 1. The van der Waals surface area contributed by atoms with Gasteiger partial charge in [-0.1, -0.05) is 19.1 Å². The predicted molar refractivity (Wildman–Crippen MR) is 166 cm³/mol. The maximum absolute atomic E-state index is 12.0. The average Bonchev–Trinajstić information content (AvgIpc) is 3.62. The van der Waals surface area contributed by atoms with Crippen LogP contribution in [0.4, 0.5) is 17.2 Å². The molecule has 2 aromatic heterocycles. The number of imidazole rings is 1. The summed E-state index contributed by atoms with van der Waals surface area (Å²) in [7, 11) is 0. The van der Waals surface area contributed by atoms with Gasteiger partial charge >= 0.3 is 0 Å². The average molecular weight is 603 g/mol. The molecule has 1 atom stereocenters. The Morgan fingerprint density at radius 3 is 2.50 bits per heavy atom. The highest BCUT2D eigenvalue weighted by molar-refractivity contribution is 5.85. The van der Waals surface area contributed by atoms with Crippen LogP contribution in [0.2, 0.25) is 0 Å². The van der Waals surface area contributed by atoms with Crippen molar-refractivity contribution in [2.24, 2.45) is 0 Å². The number of fused-ring (bicyclic) bond motifs is 2. The monoisotopic (exact) mass is 602 g/mol. The van der Waals surface area contributed by atoms with E-state index in [1.54, 1.807) is 0 Å². The molecule has 5 aliphatic heterocycles. The Balaban J connectivity index is 1.19. The topological polar surface area (TPSA) is 125 Å². The normalized spacial score (nSPS) is 24.4. The predicted octanol–water partition coefficient (Wildman–Crippen LogP) is 2.08. The minimum absolute atomic E-state index is 0.119. The molecule has 4 fully saturated rings. The largest absolute Gasteiger partial charge is 0.378 e. The summed E-state index contributed by atoms with van der Waals surface area (Å²) in [5.74, 6) is 2.65. The van der Waals surface area contributed by atoms with Crippen molar-refractivity contribution >= 4 is 34.3 Å². The summed E-state index contributed by atoms with van der Waals surface area (Å²) in [6, 6.07) is 8.67. The Labute approximate surface area is 257 Å². The van der Waals surface area contributed by atoms with Crippen LogP contribution in [0.3, 0.4) is 0 Å². The maximum Gasteiger partial charge on any atom is 0.234 e. The number of hydrogen-bond acceptors (Lipinski definition) is 11. The number of morpholine rings is 1. The Morgan fingerprint density at radius 1 is 1.00 bits per heavy atom. The molecule has 234 valence electrons. The smallest absolute Gasteiger partial charge is 0.234 e. The van der Waals surface area contributed by atoms with E-state index < -0.39 is 5.66 Å². The van der Waals surface area contributed by atoms with Gasteiger partial charge in [-0.3, -0.25) is 19.2 Å². The molecule has 5 aliphatic rings. The standard InChI is InChI=1S/C31H42N10O3/c1-2-31(36-22-7-3-4-8-23(22)37-31)30-34-28(39-12-15-43-16-13-39)27-29(35-30)41(26-9-5-6-14-44-26)24(33-27)19-38-17-21(18-38)40-11-10-32-25(42)20-40/h3-4,7-8,21,26,36-37H,2,5-6,9-20H2,1H3,(H,32,42). The van der Waals surface area contributed by atoms with Gasteiger partial charge in [-0.15, -0.1) is 0 Å². The first-order chi connectivity index (χ1) is 21.6. The molecule has 4 saturated heterocycles. The van der Waals surface area contributed by atoms with Crippen molar-refractivity contribution in [1.82, 2.24) is 34.6 Å². The number of nitrogens with one attached hydrogen (secondary N) is 3. The van der Waals surface area contributed by atoms with E-state index in [-0.39, 0.29) is 12.1 Å². The molecule has 13 heteroatoms. The first-order valence-corrected chi connectivity index (χ1v) is 16.2. The summed E-state index contributed by atoms with van der Waals surface area (Å²) in [6.07, 6.45) is 3.74. The number of anilines is 3. The number of para-hydroxylation sites is 2. The SMILES string of the molecule is CCC1(c2nc(N3CCOCC3)c3nc(CN4CC(N5CCNC(=O)C5)C4)n(C4CCCCO4)c3n2)Nc2ccccc2N1. The van der Waals surface area contributed by atoms with E-state index in [0.717, 1.165) is 106 Å². The lowest BCUT2D eigenvalue weighted by Crippen LogP contribution is -2.63. The number of rotatable bonds is 7. The molecular weight excluding hydrogens is 560 g/mol. The minimum atomic E-state index is -0.646. The molecule has 0 radical (unpaired) electrons. The lowest BCUT2D eigenvalue weighted by atomic mass is 10.1. The number of carbonyl (C=O) groups excluding carboxylic acids is 1. The zero-order chi connectivity index (χ0) is 29.7. The van der Waals surface area contributed by atoms with Gasteiger partial charge in [0.05, 0.1) is 37.7 Å². The molecule has 1 unspecified atom stereocenters. The van der Waals surface area contributed by atoms with Gasteiger partial charge in [0.15, 0.2) is 28.5 Å². The zero-order valence-corrected chi connectivity index (χ0v) is 25.4. The van der Waals surface area contributed by atoms with Crippen LogP contribution in [0.5, 0.6) is 0 Å². The van der Waals surface area contributed by atoms with E-state index in [4.69, 9.17) is 24.4 Å². The van der Waals surface area contributed by atoms with Gasteiger partial charge < -0.3 is 30.3 Å². The molecule has 8 rings (SSSR count). The lowest BCUT2D eigenvalue weighted by Gasteiger charge is -2.46. The molecule has 13 nitrogen and oxygen atoms in total. The fraction of sp³-hybridized carbons (Fsp3) is 0.613. The van der Waals surface area contributed by atoms with Crippen LogP contribution < -0.4 is 20.9 Å². The minimum Gasteiger partial charge on any atom is -0.378 e. The molecule has 0 saturated carbocycles. The van der Waals surface area contributed by atoms with Gasteiger partial charge in [0.25, 0.3) is 0 Å². The number of ether oxygens (including phenoxy) is 2. The Kier molecular flexibility index (Phi) is 7.28. The maximum atomic E-state index is 12.0. The van der Waals surface area contributed by atoms with Gasteiger partial charge in [-0.2, -0.15) is 0 Å². The molecule has 7 heterocycles. The van der Waals surface area contributed by atoms with Crippen LogP contribution in [0.25, 0.3) is 11.2 Å².